The van der Waals surface area contributed by atoms with E-state index in [0.717, 1.165) is 22.3 Å². The Morgan fingerprint density at radius 1 is 0.905 bits per heavy atom. The molecule has 3 heteroatoms. The number of rotatable bonds is 4. The first-order chi connectivity index (χ1) is 9.85. The van der Waals surface area contributed by atoms with Crippen LogP contribution in [-0.2, 0) is 15.6 Å². The molecule has 0 unspecified atom stereocenters. The Hall–Kier alpha value is -1.87. The highest BCUT2D eigenvalue weighted by Crippen LogP contribution is 2.15. The third kappa shape index (κ3) is 4.57. The molecule has 0 bridgehead atoms. The molecule has 0 aromatic heterocycles. The highest BCUT2D eigenvalue weighted by atomic mass is 32.2. The lowest BCUT2D eigenvalue weighted by Crippen LogP contribution is -2.00. The average molecular weight is 300 g/mol. The van der Waals surface area contributed by atoms with Crippen LogP contribution in [0, 0.1) is 20.8 Å². The predicted octanol–water partition coefficient (Wildman–Crippen LogP) is 4.20. The second-order valence-electron chi connectivity index (χ2n) is 5.46. The molecule has 0 heterocycles. The van der Waals surface area contributed by atoms with Crippen LogP contribution in [0.5, 0.6) is 0 Å². The van der Waals surface area contributed by atoms with Gasteiger partial charge in [0.2, 0.25) is 0 Å². The normalized spacial score (nSPS) is 12.0. The lowest BCUT2D eigenvalue weighted by molar-refractivity contribution is 0.604. The molecule has 21 heavy (non-hydrogen) atoms. The zero-order chi connectivity index (χ0) is 15.5. The molecule has 0 spiro atoms. The van der Waals surface area contributed by atoms with Crippen molar-refractivity contribution in [2.24, 2.45) is 0 Å². The van der Waals surface area contributed by atoms with Crippen LogP contribution in [-0.4, -0.2) is 8.42 Å². The van der Waals surface area contributed by atoms with E-state index in [-0.39, 0.29) is 5.75 Å². The van der Waals surface area contributed by atoms with Crippen molar-refractivity contribution in [3.05, 3.63) is 75.7 Å². The molecule has 2 nitrogen and oxygen atoms in total. The van der Waals surface area contributed by atoms with E-state index in [1.807, 2.05) is 63.2 Å². The first-order valence-electron chi connectivity index (χ1n) is 6.89. The lowest BCUT2D eigenvalue weighted by atomic mass is 10.1. The van der Waals surface area contributed by atoms with E-state index in [1.54, 1.807) is 6.08 Å². The monoisotopic (exact) mass is 300 g/mol. The standard InChI is InChI=1S/C18H20O2S/c1-14-4-7-17(8-5-14)13-21(19,20)11-10-18-9-6-15(2)12-16(18)3/h4-12H,13H2,1-3H3/b11-10+. The van der Waals surface area contributed by atoms with Crippen LogP contribution in [0.4, 0.5) is 0 Å². The highest BCUT2D eigenvalue weighted by Gasteiger charge is 2.08. The van der Waals surface area contributed by atoms with Crippen LogP contribution in [0.15, 0.2) is 47.9 Å². The topological polar surface area (TPSA) is 34.1 Å². The third-order valence-electron chi connectivity index (χ3n) is 3.37. The zero-order valence-electron chi connectivity index (χ0n) is 12.6. The van der Waals surface area contributed by atoms with Gasteiger partial charge < -0.3 is 0 Å². The maximum atomic E-state index is 12.1. The van der Waals surface area contributed by atoms with Crippen LogP contribution in [0.25, 0.3) is 6.08 Å². The van der Waals surface area contributed by atoms with E-state index >= 15 is 0 Å². The molecule has 2 aromatic carbocycles. The van der Waals surface area contributed by atoms with Crippen molar-refractivity contribution >= 4 is 15.9 Å². The Bertz CT molecular complexity index is 754. The Balaban J connectivity index is 2.16. The molecule has 0 saturated heterocycles. The molecule has 0 aliphatic heterocycles. The van der Waals surface area contributed by atoms with Crippen molar-refractivity contribution in [2.45, 2.75) is 26.5 Å². The van der Waals surface area contributed by atoms with Gasteiger partial charge >= 0.3 is 0 Å². The van der Waals surface area contributed by atoms with Gasteiger partial charge in [-0.2, -0.15) is 0 Å². The molecule has 2 rings (SSSR count). The summed E-state index contributed by atoms with van der Waals surface area (Å²) in [5.74, 6) is 0.0364. The number of aryl methyl sites for hydroxylation is 3. The Kier molecular flexibility index (Phi) is 4.63. The van der Waals surface area contributed by atoms with E-state index in [2.05, 4.69) is 0 Å². The van der Waals surface area contributed by atoms with Gasteiger partial charge in [0.15, 0.2) is 9.84 Å². The molecule has 0 fully saturated rings. The SMILES string of the molecule is Cc1ccc(CS(=O)(=O)/C=C/c2ccc(C)cc2C)cc1. The Labute approximate surface area is 127 Å². The van der Waals surface area contributed by atoms with E-state index in [9.17, 15) is 8.42 Å². The van der Waals surface area contributed by atoms with Crippen molar-refractivity contribution in [1.29, 1.82) is 0 Å². The summed E-state index contributed by atoms with van der Waals surface area (Å²) in [6.45, 7) is 5.99. The summed E-state index contributed by atoms with van der Waals surface area (Å²) in [6, 6.07) is 13.6. The van der Waals surface area contributed by atoms with Crippen LogP contribution in [0.3, 0.4) is 0 Å². The van der Waals surface area contributed by atoms with Crippen molar-refractivity contribution in [1.82, 2.24) is 0 Å². The van der Waals surface area contributed by atoms with Crippen molar-refractivity contribution in [3.63, 3.8) is 0 Å². The van der Waals surface area contributed by atoms with Gasteiger partial charge in [-0.05, 0) is 43.5 Å². The number of sulfone groups is 1. The van der Waals surface area contributed by atoms with Gasteiger partial charge in [-0.15, -0.1) is 0 Å². The number of hydrogen-bond acceptors (Lipinski definition) is 2. The molecule has 0 aliphatic carbocycles. The summed E-state index contributed by atoms with van der Waals surface area (Å²) < 4.78 is 24.3. The van der Waals surface area contributed by atoms with Crippen LogP contribution in [0.2, 0.25) is 0 Å². The molecular formula is C18H20O2S. The van der Waals surface area contributed by atoms with Gasteiger partial charge in [-0.25, -0.2) is 8.42 Å². The molecule has 0 amide bonds. The summed E-state index contributed by atoms with van der Waals surface area (Å²) in [7, 11) is -3.25. The first kappa shape index (κ1) is 15.5. The lowest BCUT2D eigenvalue weighted by Gasteiger charge is -2.03. The third-order valence-corrected chi connectivity index (χ3v) is 4.66. The maximum Gasteiger partial charge on any atom is 0.175 e. The Morgan fingerprint density at radius 2 is 1.52 bits per heavy atom. The quantitative estimate of drug-likeness (QED) is 0.848. The van der Waals surface area contributed by atoms with Gasteiger partial charge in [0.1, 0.15) is 0 Å². The fraction of sp³-hybridized carbons (Fsp3) is 0.222. The summed E-state index contributed by atoms with van der Waals surface area (Å²) in [6.07, 6.45) is 1.68. The summed E-state index contributed by atoms with van der Waals surface area (Å²) in [5, 5.41) is 1.31. The van der Waals surface area contributed by atoms with Gasteiger partial charge in [0.25, 0.3) is 0 Å². The highest BCUT2D eigenvalue weighted by molar-refractivity contribution is 7.93. The molecule has 0 N–H and O–H groups in total. The fourth-order valence-electron chi connectivity index (χ4n) is 2.15. The number of hydrogen-bond donors (Lipinski definition) is 0. The summed E-state index contributed by atoms with van der Waals surface area (Å²) >= 11 is 0. The smallest absolute Gasteiger partial charge is 0.175 e. The maximum absolute atomic E-state index is 12.1. The van der Waals surface area contributed by atoms with Gasteiger partial charge in [-0.3, -0.25) is 0 Å². The fourth-order valence-corrected chi connectivity index (χ4v) is 3.26. The molecule has 0 saturated carbocycles. The molecule has 0 aliphatic rings. The van der Waals surface area contributed by atoms with Crippen LogP contribution >= 0.6 is 0 Å². The Morgan fingerprint density at radius 3 is 2.14 bits per heavy atom. The molecule has 0 radical (unpaired) electrons. The zero-order valence-corrected chi connectivity index (χ0v) is 13.4. The van der Waals surface area contributed by atoms with Crippen molar-refractivity contribution < 1.29 is 8.42 Å². The minimum Gasteiger partial charge on any atom is -0.224 e. The average Bonchev–Trinajstić information content (AvgIpc) is 2.40. The van der Waals surface area contributed by atoms with Gasteiger partial charge in [0, 0.05) is 5.41 Å². The van der Waals surface area contributed by atoms with E-state index < -0.39 is 9.84 Å². The van der Waals surface area contributed by atoms with Gasteiger partial charge in [0.05, 0.1) is 5.75 Å². The minimum atomic E-state index is -3.25. The largest absolute Gasteiger partial charge is 0.224 e. The second-order valence-corrected chi connectivity index (χ2v) is 7.34. The van der Waals surface area contributed by atoms with E-state index in [4.69, 9.17) is 0 Å². The number of benzene rings is 2. The summed E-state index contributed by atoms with van der Waals surface area (Å²) in [4.78, 5) is 0. The van der Waals surface area contributed by atoms with Crippen LogP contribution in [0.1, 0.15) is 27.8 Å². The van der Waals surface area contributed by atoms with E-state index in [0.29, 0.717) is 0 Å². The predicted molar refractivity (Wildman–Crippen MR) is 88.8 cm³/mol. The second kappa shape index (κ2) is 6.27. The minimum absolute atomic E-state index is 0.0364. The molecule has 2 aromatic rings. The van der Waals surface area contributed by atoms with Gasteiger partial charge in [-0.1, -0.05) is 53.6 Å². The van der Waals surface area contributed by atoms with Crippen LogP contribution < -0.4 is 0 Å². The molecular weight excluding hydrogens is 280 g/mol. The summed E-state index contributed by atoms with van der Waals surface area (Å²) in [5.41, 5.74) is 5.13. The first-order valence-corrected chi connectivity index (χ1v) is 8.61. The molecule has 0 atom stereocenters. The molecule has 110 valence electrons. The van der Waals surface area contributed by atoms with Crippen molar-refractivity contribution in [3.8, 4) is 0 Å². The van der Waals surface area contributed by atoms with Crippen molar-refractivity contribution in [2.75, 3.05) is 0 Å². The van der Waals surface area contributed by atoms with E-state index in [1.165, 1.54) is 11.0 Å².